The number of aryl methyl sites for hydroxylation is 1. The Morgan fingerprint density at radius 2 is 2.09 bits per heavy atom. The summed E-state index contributed by atoms with van der Waals surface area (Å²) >= 11 is 5.86. The van der Waals surface area contributed by atoms with Crippen molar-refractivity contribution >= 4 is 23.2 Å². The van der Waals surface area contributed by atoms with E-state index in [2.05, 4.69) is 5.32 Å². The van der Waals surface area contributed by atoms with Crippen molar-refractivity contribution in [3.63, 3.8) is 0 Å². The Balaban J connectivity index is 1.91. The van der Waals surface area contributed by atoms with Gasteiger partial charge in [0.2, 0.25) is 0 Å². The average Bonchev–Trinajstić information content (AvgIpc) is 2.51. The molecule has 0 radical (unpaired) electrons. The van der Waals surface area contributed by atoms with E-state index in [9.17, 15) is 14.9 Å². The smallest absolute Gasteiger partial charge is 0.311 e. The molecule has 2 aromatic carbocycles. The van der Waals surface area contributed by atoms with Crippen LogP contribution in [0.4, 0.5) is 5.69 Å². The Kier molecular flexibility index (Phi) is 5.54. The molecule has 0 bridgehead atoms. The summed E-state index contributed by atoms with van der Waals surface area (Å²) in [5.74, 6) is -0.307. The highest BCUT2D eigenvalue weighted by atomic mass is 35.5. The molecule has 0 aliphatic carbocycles. The third kappa shape index (κ3) is 4.96. The molecular formula is C16H15ClN2O4. The van der Waals surface area contributed by atoms with Gasteiger partial charge in [0, 0.05) is 17.6 Å². The van der Waals surface area contributed by atoms with E-state index in [1.54, 1.807) is 31.2 Å². The molecule has 120 valence electrons. The molecule has 0 aliphatic heterocycles. The lowest BCUT2D eigenvalue weighted by molar-refractivity contribution is -0.385. The van der Waals surface area contributed by atoms with Crippen molar-refractivity contribution in [2.75, 3.05) is 6.61 Å². The molecular weight excluding hydrogens is 320 g/mol. The average molecular weight is 335 g/mol. The number of hydrogen-bond acceptors (Lipinski definition) is 4. The van der Waals surface area contributed by atoms with Crippen molar-refractivity contribution in [1.82, 2.24) is 5.32 Å². The monoisotopic (exact) mass is 334 g/mol. The van der Waals surface area contributed by atoms with Gasteiger partial charge in [0.05, 0.1) is 4.92 Å². The number of rotatable bonds is 6. The number of carbonyl (C=O) groups is 1. The van der Waals surface area contributed by atoms with Gasteiger partial charge in [-0.1, -0.05) is 29.8 Å². The molecule has 0 unspecified atom stereocenters. The lowest BCUT2D eigenvalue weighted by atomic mass is 10.2. The molecule has 0 aromatic heterocycles. The minimum Gasteiger partial charge on any atom is -0.477 e. The zero-order valence-electron chi connectivity index (χ0n) is 12.4. The van der Waals surface area contributed by atoms with Crippen molar-refractivity contribution in [3.8, 4) is 5.75 Å². The summed E-state index contributed by atoms with van der Waals surface area (Å²) in [4.78, 5) is 22.2. The fraction of sp³-hybridized carbons (Fsp3) is 0.188. The highest BCUT2D eigenvalue weighted by molar-refractivity contribution is 6.30. The number of benzene rings is 2. The number of amides is 1. The van der Waals surface area contributed by atoms with Gasteiger partial charge in [0.1, 0.15) is 0 Å². The molecule has 0 saturated carbocycles. The van der Waals surface area contributed by atoms with Crippen molar-refractivity contribution in [3.05, 3.63) is 68.7 Å². The lowest BCUT2D eigenvalue weighted by Gasteiger charge is -2.08. The van der Waals surface area contributed by atoms with Crippen LogP contribution in [-0.2, 0) is 11.3 Å². The number of ether oxygens (including phenoxy) is 1. The molecule has 1 amide bonds. The van der Waals surface area contributed by atoms with Crippen LogP contribution in [0.2, 0.25) is 5.02 Å². The molecule has 0 spiro atoms. The van der Waals surface area contributed by atoms with Crippen LogP contribution in [0, 0.1) is 17.0 Å². The Morgan fingerprint density at radius 1 is 1.30 bits per heavy atom. The van der Waals surface area contributed by atoms with E-state index in [-0.39, 0.29) is 24.0 Å². The van der Waals surface area contributed by atoms with Crippen LogP contribution in [0.1, 0.15) is 11.1 Å². The van der Waals surface area contributed by atoms with Gasteiger partial charge in [-0.3, -0.25) is 14.9 Å². The molecule has 0 saturated heterocycles. The van der Waals surface area contributed by atoms with E-state index in [0.717, 1.165) is 11.1 Å². The van der Waals surface area contributed by atoms with E-state index in [1.807, 2.05) is 6.07 Å². The number of nitro benzene ring substituents is 1. The van der Waals surface area contributed by atoms with Gasteiger partial charge < -0.3 is 10.1 Å². The van der Waals surface area contributed by atoms with Crippen LogP contribution in [0.3, 0.4) is 0 Å². The standard InChI is InChI=1S/C16H15ClN2O4/c1-11-5-6-15(14(7-11)19(21)22)23-10-16(20)18-9-12-3-2-4-13(17)8-12/h2-8H,9-10H2,1H3,(H,18,20). The topological polar surface area (TPSA) is 81.5 Å². The zero-order chi connectivity index (χ0) is 16.8. The summed E-state index contributed by atoms with van der Waals surface area (Å²) in [5, 5.41) is 14.2. The number of hydrogen-bond donors (Lipinski definition) is 1. The maximum atomic E-state index is 11.8. The maximum absolute atomic E-state index is 11.8. The van der Waals surface area contributed by atoms with Crippen LogP contribution in [0.5, 0.6) is 5.75 Å². The van der Waals surface area contributed by atoms with Crippen molar-refractivity contribution < 1.29 is 14.5 Å². The quantitative estimate of drug-likeness (QED) is 0.649. The van der Waals surface area contributed by atoms with Crippen LogP contribution in [0.15, 0.2) is 42.5 Å². The first kappa shape index (κ1) is 16.8. The van der Waals surface area contributed by atoms with E-state index >= 15 is 0 Å². The van der Waals surface area contributed by atoms with Crippen molar-refractivity contribution in [1.29, 1.82) is 0 Å². The van der Waals surface area contributed by atoms with Gasteiger partial charge in [-0.05, 0) is 36.2 Å². The van der Waals surface area contributed by atoms with Gasteiger partial charge in [0.25, 0.3) is 5.91 Å². The SMILES string of the molecule is Cc1ccc(OCC(=O)NCc2cccc(Cl)c2)c([N+](=O)[O-])c1. The van der Waals surface area contributed by atoms with Gasteiger partial charge in [-0.25, -0.2) is 0 Å². The first-order chi connectivity index (χ1) is 11.0. The lowest BCUT2D eigenvalue weighted by Crippen LogP contribution is -2.28. The molecule has 1 N–H and O–H groups in total. The molecule has 0 heterocycles. The fourth-order valence-electron chi connectivity index (χ4n) is 1.93. The molecule has 0 fully saturated rings. The Hall–Kier alpha value is -2.60. The van der Waals surface area contributed by atoms with Crippen molar-refractivity contribution in [2.24, 2.45) is 0 Å². The molecule has 0 atom stereocenters. The number of nitro groups is 1. The molecule has 23 heavy (non-hydrogen) atoms. The first-order valence-electron chi connectivity index (χ1n) is 6.84. The summed E-state index contributed by atoms with van der Waals surface area (Å²) in [6.07, 6.45) is 0. The number of nitrogens with zero attached hydrogens (tertiary/aromatic N) is 1. The van der Waals surface area contributed by atoms with Crippen LogP contribution in [0.25, 0.3) is 0 Å². The second-order valence-corrected chi connectivity index (χ2v) is 5.36. The Labute approximate surface area is 138 Å². The second-order valence-electron chi connectivity index (χ2n) is 4.92. The van der Waals surface area contributed by atoms with E-state index in [0.29, 0.717) is 11.6 Å². The highest BCUT2D eigenvalue weighted by Crippen LogP contribution is 2.27. The maximum Gasteiger partial charge on any atom is 0.311 e. The molecule has 7 heteroatoms. The predicted molar refractivity (Wildman–Crippen MR) is 86.6 cm³/mol. The van der Waals surface area contributed by atoms with Crippen molar-refractivity contribution in [2.45, 2.75) is 13.5 Å². The van der Waals surface area contributed by atoms with Gasteiger partial charge in [-0.2, -0.15) is 0 Å². The predicted octanol–water partition coefficient (Wildman–Crippen LogP) is 3.25. The van der Waals surface area contributed by atoms with Gasteiger partial charge in [-0.15, -0.1) is 0 Å². The third-order valence-electron chi connectivity index (χ3n) is 3.05. The molecule has 6 nitrogen and oxygen atoms in total. The van der Waals surface area contributed by atoms with E-state index < -0.39 is 4.92 Å². The zero-order valence-corrected chi connectivity index (χ0v) is 13.2. The molecule has 2 rings (SSSR count). The molecule has 0 aliphatic rings. The number of nitrogens with one attached hydrogen (secondary N) is 1. The van der Waals surface area contributed by atoms with Gasteiger partial charge >= 0.3 is 5.69 Å². The normalized spacial score (nSPS) is 10.2. The van der Waals surface area contributed by atoms with Crippen LogP contribution in [-0.4, -0.2) is 17.4 Å². The second kappa shape index (κ2) is 7.60. The Morgan fingerprint density at radius 3 is 2.78 bits per heavy atom. The summed E-state index contributed by atoms with van der Waals surface area (Å²) in [6, 6.07) is 11.7. The summed E-state index contributed by atoms with van der Waals surface area (Å²) in [5.41, 5.74) is 1.44. The van der Waals surface area contributed by atoms with E-state index in [1.165, 1.54) is 12.1 Å². The molecule has 2 aromatic rings. The van der Waals surface area contributed by atoms with Crippen LogP contribution >= 0.6 is 11.6 Å². The largest absolute Gasteiger partial charge is 0.477 e. The van der Waals surface area contributed by atoms with Crippen LogP contribution < -0.4 is 10.1 Å². The minimum absolute atomic E-state index is 0.0681. The summed E-state index contributed by atoms with van der Waals surface area (Å²) < 4.78 is 5.25. The first-order valence-corrected chi connectivity index (χ1v) is 7.22. The highest BCUT2D eigenvalue weighted by Gasteiger charge is 2.16. The third-order valence-corrected chi connectivity index (χ3v) is 3.28. The summed E-state index contributed by atoms with van der Waals surface area (Å²) in [6.45, 7) is 1.75. The number of carbonyl (C=O) groups excluding carboxylic acids is 1. The van der Waals surface area contributed by atoms with Gasteiger partial charge in [0.15, 0.2) is 12.4 Å². The fourth-order valence-corrected chi connectivity index (χ4v) is 2.15. The Bertz CT molecular complexity index is 734. The summed E-state index contributed by atoms with van der Waals surface area (Å²) in [7, 11) is 0. The van der Waals surface area contributed by atoms with E-state index in [4.69, 9.17) is 16.3 Å². The number of halogens is 1. The minimum atomic E-state index is -0.536.